The highest BCUT2D eigenvalue weighted by atomic mass is 32.2. The SMILES string of the molecule is Cc1c(C(C)C)nc2c(c1NC(=O)N=S(N)(=O)c1cnn3c1OCC1(CC1)C3)CCC2. The van der Waals surface area contributed by atoms with Crippen LogP contribution in [0.5, 0.6) is 5.88 Å². The van der Waals surface area contributed by atoms with Gasteiger partial charge < -0.3 is 10.1 Å². The highest BCUT2D eigenvalue weighted by Gasteiger charge is 2.48. The molecule has 1 saturated carbocycles. The number of urea groups is 1. The second-order valence-corrected chi connectivity index (χ2v) is 11.0. The van der Waals surface area contributed by atoms with Gasteiger partial charge in [-0.3, -0.25) is 4.98 Å². The molecule has 2 aromatic rings. The van der Waals surface area contributed by atoms with Crippen LogP contribution in [0.25, 0.3) is 0 Å². The zero-order chi connectivity index (χ0) is 22.0. The minimum Gasteiger partial charge on any atom is -0.476 e. The zero-order valence-electron chi connectivity index (χ0n) is 18.1. The number of nitrogens with two attached hydrogens (primary N) is 1. The Bertz CT molecular complexity index is 1200. The van der Waals surface area contributed by atoms with E-state index in [4.69, 9.17) is 14.9 Å². The van der Waals surface area contributed by atoms with Crippen LogP contribution in [0.4, 0.5) is 10.5 Å². The number of aryl methyl sites for hydroxylation is 1. The number of amides is 2. The Morgan fingerprint density at radius 3 is 2.87 bits per heavy atom. The van der Waals surface area contributed by atoms with Gasteiger partial charge in [0.1, 0.15) is 4.90 Å². The summed E-state index contributed by atoms with van der Waals surface area (Å²) in [6.07, 6.45) is 6.34. The molecule has 2 aromatic heterocycles. The van der Waals surface area contributed by atoms with Crippen molar-refractivity contribution >= 4 is 21.6 Å². The lowest BCUT2D eigenvalue weighted by atomic mass is 9.99. The third kappa shape index (κ3) is 3.51. The smallest absolute Gasteiger partial charge is 0.354 e. The van der Waals surface area contributed by atoms with E-state index in [1.807, 2.05) is 6.92 Å². The molecule has 10 heteroatoms. The summed E-state index contributed by atoms with van der Waals surface area (Å²) in [5.41, 5.74) is 4.80. The number of pyridine rings is 1. The number of carbonyl (C=O) groups is 1. The maximum atomic E-state index is 13.2. The van der Waals surface area contributed by atoms with Gasteiger partial charge in [-0.2, -0.15) is 5.10 Å². The van der Waals surface area contributed by atoms with Crippen molar-refractivity contribution < 1.29 is 13.7 Å². The van der Waals surface area contributed by atoms with Crippen molar-refractivity contribution in [2.24, 2.45) is 14.9 Å². The third-order valence-electron chi connectivity index (χ3n) is 6.53. The van der Waals surface area contributed by atoms with Gasteiger partial charge in [-0.05, 0) is 56.1 Å². The van der Waals surface area contributed by atoms with Gasteiger partial charge in [0.05, 0.1) is 25.0 Å². The summed E-state index contributed by atoms with van der Waals surface area (Å²) in [6, 6.07) is -0.736. The zero-order valence-corrected chi connectivity index (χ0v) is 18.9. The van der Waals surface area contributed by atoms with E-state index >= 15 is 0 Å². The molecule has 1 aliphatic heterocycles. The minimum absolute atomic E-state index is 0.146. The number of nitrogens with zero attached hydrogens (tertiary/aromatic N) is 4. The van der Waals surface area contributed by atoms with Crippen molar-refractivity contribution in [2.45, 2.75) is 70.2 Å². The molecule has 2 aliphatic carbocycles. The minimum atomic E-state index is -3.51. The summed E-state index contributed by atoms with van der Waals surface area (Å²) in [5.74, 6) is 0.577. The molecule has 9 nitrogen and oxygen atoms in total. The Kier molecular flexibility index (Phi) is 4.63. The fraction of sp³-hybridized carbons (Fsp3) is 0.571. The largest absolute Gasteiger partial charge is 0.476 e. The number of rotatable bonds is 3. The standard InChI is InChI=1S/C21H28N6O3S/c1-12(2)17-13(3)18(14-5-4-6-15(14)24-17)25-20(28)26-31(22,29)16-9-23-27-10-21(7-8-21)11-30-19(16)27/h9,12H,4-8,10-11H2,1-3H3,(H3,22,24,25,26,28,29). The van der Waals surface area contributed by atoms with Crippen LogP contribution in [0.15, 0.2) is 15.5 Å². The highest BCUT2D eigenvalue weighted by molar-refractivity contribution is 7.91. The van der Waals surface area contributed by atoms with Crippen molar-refractivity contribution in [1.29, 1.82) is 0 Å². The quantitative estimate of drug-likeness (QED) is 0.751. The van der Waals surface area contributed by atoms with Crippen LogP contribution in [0, 0.1) is 12.3 Å². The molecule has 0 radical (unpaired) electrons. The van der Waals surface area contributed by atoms with Gasteiger partial charge in [0.25, 0.3) is 0 Å². The van der Waals surface area contributed by atoms with Crippen LogP contribution in [0.3, 0.4) is 0 Å². The van der Waals surface area contributed by atoms with Crippen molar-refractivity contribution in [3.05, 3.63) is 28.7 Å². The molecule has 3 aliphatic rings. The molecule has 0 bridgehead atoms. The van der Waals surface area contributed by atoms with Gasteiger partial charge >= 0.3 is 6.03 Å². The van der Waals surface area contributed by atoms with Crippen LogP contribution < -0.4 is 15.2 Å². The summed E-state index contributed by atoms with van der Waals surface area (Å²) in [6.45, 7) is 7.37. The molecule has 1 unspecified atom stereocenters. The molecular weight excluding hydrogens is 416 g/mol. The molecule has 2 amide bonds. The molecule has 1 spiro atoms. The predicted molar refractivity (Wildman–Crippen MR) is 117 cm³/mol. The number of nitrogens with one attached hydrogen (secondary N) is 1. The van der Waals surface area contributed by atoms with Crippen molar-refractivity contribution in [3.8, 4) is 5.88 Å². The average Bonchev–Trinajstić information content (AvgIpc) is 3.11. The van der Waals surface area contributed by atoms with Gasteiger partial charge in [-0.15, -0.1) is 4.36 Å². The van der Waals surface area contributed by atoms with Gasteiger partial charge in [0, 0.05) is 16.8 Å². The molecule has 1 atom stereocenters. The topological polar surface area (TPSA) is 124 Å². The van der Waals surface area contributed by atoms with Crippen molar-refractivity contribution in [2.75, 3.05) is 11.9 Å². The first-order valence-corrected chi connectivity index (χ1v) is 12.3. The van der Waals surface area contributed by atoms with Gasteiger partial charge in [-0.1, -0.05) is 13.8 Å². The molecule has 3 heterocycles. The average molecular weight is 445 g/mol. The van der Waals surface area contributed by atoms with E-state index in [1.54, 1.807) is 4.68 Å². The lowest BCUT2D eigenvalue weighted by molar-refractivity contribution is 0.144. The normalized spacial score (nSPS) is 20.0. The van der Waals surface area contributed by atoms with Crippen molar-refractivity contribution in [3.63, 3.8) is 0 Å². The van der Waals surface area contributed by atoms with Crippen molar-refractivity contribution in [1.82, 2.24) is 14.8 Å². The summed E-state index contributed by atoms with van der Waals surface area (Å²) >= 11 is 0. The summed E-state index contributed by atoms with van der Waals surface area (Å²) in [7, 11) is -3.51. The Balaban J connectivity index is 1.46. The Hall–Kier alpha value is -2.46. The maximum Gasteiger partial charge on any atom is 0.354 e. The number of carbonyl (C=O) groups excluding carboxylic acids is 1. The third-order valence-corrected chi connectivity index (χ3v) is 7.88. The fourth-order valence-corrected chi connectivity index (χ4v) is 5.62. The summed E-state index contributed by atoms with van der Waals surface area (Å²) < 4.78 is 24.5. The molecular formula is C21H28N6O3S. The van der Waals surface area contributed by atoms with E-state index in [-0.39, 0.29) is 16.2 Å². The molecule has 0 aromatic carbocycles. The highest BCUT2D eigenvalue weighted by Crippen LogP contribution is 2.50. The number of hydrogen-bond acceptors (Lipinski definition) is 5. The second-order valence-electron chi connectivity index (χ2n) is 9.28. The molecule has 3 N–H and O–H groups in total. The van der Waals surface area contributed by atoms with E-state index in [1.165, 1.54) is 6.20 Å². The molecule has 0 saturated heterocycles. The van der Waals surface area contributed by atoms with Gasteiger partial charge in [-0.25, -0.2) is 18.8 Å². The molecule has 31 heavy (non-hydrogen) atoms. The Morgan fingerprint density at radius 1 is 1.39 bits per heavy atom. The summed E-state index contributed by atoms with van der Waals surface area (Å²) in [5, 5.41) is 13.2. The van der Waals surface area contributed by atoms with E-state index in [0.717, 1.165) is 60.3 Å². The molecule has 166 valence electrons. The van der Waals surface area contributed by atoms with Crippen LogP contribution in [0.1, 0.15) is 61.5 Å². The summed E-state index contributed by atoms with van der Waals surface area (Å²) in [4.78, 5) is 17.8. The first-order chi connectivity index (χ1) is 14.7. The van der Waals surface area contributed by atoms with E-state index in [2.05, 4.69) is 28.6 Å². The lowest BCUT2D eigenvalue weighted by Gasteiger charge is -2.24. The van der Waals surface area contributed by atoms with Crippen LogP contribution >= 0.6 is 0 Å². The molecule has 5 rings (SSSR count). The Labute approximate surface area is 182 Å². The van der Waals surface area contributed by atoms with Gasteiger partial charge in [0.15, 0.2) is 9.92 Å². The number of fused-ring (bicyclic) bond motifs is 2. The first-order valence-electron chi connectivity index (χ1n) is 10.8. The monoisotopic (exact) mass is 444 g/mol. The van der Waals surface area contributed by atoms with Crippen LogP contribution in [-0.4, -0.2) is 31.6 Å². The molecule has 1 fully saturated rings. The number of ether oxygens (including phenoxy) is 1. The van der Waals surface area contributed by atoms with Crippen LogP contribution in [0.2, 0.25) is 0 Å². The van der Waals surface area contributed by atoms with E-state index in [0.29, 0.717) is 19.0 Å². The second kappa shape index (κ2) is 7.03. The first kappa shape index (κ1) is 20.4. The fourth-order valence-electron chi connectivity index (χ4n) is 4.62. The predicted octanol–water partition coefficient (Wildman–Crippen LogP) is 3.30. The van der Waals surface area contributed by atoms with E-state index < -0.39 is 15.9 Å². The maximum absolute atomic E-state index is 13.2. The number of aromatic nitrogens is 3. The lowest BCUT2D eigenvalue weighted by Crippen LogP contribution is -2.28. The van der Waals surface area contributed by atoms with Gasteiger partial charge in [0.2, 0.25) is 5.88 Å². The number of hydrogen-bond donors (Lipinski definition) is 2. The number of anilines is 1. The Morgan fingerprint density at radius 2 is 2.16 bits per heavy atom. The van der Waals surface area contributed by atoms with Crippen LogP contribution in [-0.2, 0) is 29.3 Å². The van der Waals surface area contributed by atoms with E-state index in [9.17, 15) is 9.00 Å².